The third-order valence-corrected chi connectivity index (χ3v) is 7.95. The summed E-state index contributed by atoms with van der Waals surface area (Å²) in [6.07, 6.45) is 3.68. The minimum atomic E-state index is -1.45. The zero-order chi connectivity index (χ0) is 30.5. The predicted octanol–water partition coefficient (Wildman–Crippen LogP) is 7.94. The molecule has 220 valence electrons. The van der Waals surface area contributed by atoms with Crippen LogP contribution in [-0.4, -0.2) is 33.9 Å². The lowest BCUT2D eigenvalue weighted by molar-refractivity contribution is -0.137. The average Bonchev–Trinajstić information content (AvgIpc) is 2.87. The number of Topliss-reactive ketones (excluding diaryl/α,β-unsaturated/α-hetero) is 2. The normalized spacial score (nSPS) is 22.0. The van der Waals surface area contributed by atoms with Crippen molar-refractivity contribution in [2.24, 2.45) is 11.3 Å². The van der Waals surface area contributed by atoms with Gasteiger partial charge < -0.3 is 14.9 Å². The van der Waals surface area contributed by atoms with Gasteiger partial charge >= 0.3 is 5.97 Å². The van der Waals surface area contributed by atoms with Gasteiger partial charge in [-0.05, 0) is 78.2 Å². The highest BCUT2D eigenvalue weighted by molar-refractivity contribution is 6.25. The molecule has 0 aromatic heterocycles. The quantitative estimate of drug-likeness (QED) is 0.188. The molecule has 0 bridgehead atoms. The minimum absolute atomic E-state index is 0.0255. The fourth-order valence-corrected chi connectivity index (χ4v) is 6.05. The molecule has 4 atom stereocenters. The molecule has 2 N–H and O–H groups in total. The minimum Gasteiger partial charge on any atom is -0.511 e. The first-order valence-corrected chi connectivity index (χ1v) is 14.4. The van der Waals surface area contributed by atoms with Crippen LogP contribution in [0.5, 0.6) is 0 Å². The van der Waals surface area contributed by atoms with E-state index in [2.05, 4.69) is 13.2 Å². The first-order chi connectivity index (χ1) is 19.3. The number of ether oxygens (including phenoxy) is 1. The Morgan fingerprint density at radius 1 is 1.10 bits per heavy atom. The third kappa shape index (κ3) is 7.35. The molecule has 41 heavy (non-hydrogen) atoms. The lowest BCUT2D eigenvalue weighted by Gasteiger charge is -2.43. The summed E-state index contributed by atoms with van der Waals surface area (Å²) in [7, 11) is 0. The number of hydrogen-bond acceptors (Lipinski definition) is 5. The lowest BCUT2D eigenvalue weighted by atomic mass is 9.62. The van der Waals surface area contributed by atoms with Crippen molar-refractivity contribution in [2.45, 2.75) is 91.6 Å². The number of allylic oxidation sites excluding steroid dienone is 7. The molecule has 1 aromatic rings. The van der Waals surface area contributed by atoms with Gasteiger partial charge in [0.15, 0.2) is 11.6 Å². The Balaban J connectivity index is 2.37. The molecule has 6 heteroatoms. The number of aliphatic hydroxyl groups excluding tert-OH is 1. The van der Waals surface area contributed by atoms with Crippen LogP contribution in [0.25, 0.3) is 0 Å². The first-order valence-electron chi connectivity index (χ1n) is 14.4. The number of carbonyl (C=O) groups is 3. The molecule has 0 saturated heterocycles. The van der Waals surface area contributed by atoms with E-state index in [1.807, 2.05) is 39.8 Å². The Labute approximate surface area is 244 Å². The summed E-state index contributed by atoms with van der Waals surface area (Å²) < 4.78 is 6.15. The zero-order valence-corrected chi connectivity index (χ0v) is 25.1. The van der Waals surface area contributed by atoms with Crippen molar-refractivity contribution < 1.29 is 29.3 Å². The number of benzene rings is 1. The van der Waals surface area contributed by atoms with Crippen molar-refractivity contribution in [3.63, 3.8) is 0 Å². The van der Waals surface area contributed by atoms with Crippen LogP contribution < -0.4 is 0 Å². The zero-order valence-electron chi connectivity index (χ0n) is 25.1. The van der Waals surface area contributed by atoms with E-state index in [0.717, 1.165) is 29.6 Å². The van der Waals surface area contributed by atoms with Crippen LogP contribution >= 0.6 is 0 Å². The molecule has 1 aromatic carbocycles. The first kappa shape index (κ1) is 31.9. The summed E-state index contributed by atoms with van der Waals surface area (Å²) in [6.45, 7) is 17.6. The number of carboxylic acid groups (broad SMARTS) is 1. The lowest BCUT2D eigenvalue weighted by Crippen LogP contribution is -2.45. The molecule has 0 saturated carbocycles. The van der Waals surface area contributed by atoms with Crippen molar-refractivity contribution in [1.82, 2.24) is 0 Å². The second-order valence-electron chi connectivity index (χ2n) is 12.2. The maximum Gasteiger partial charge on any atom is 0.304 e. The van der Waals surface area contributed by atoms with Crippen LogP contribution in [0.15, 0.2) is 88.9 Å². The predicted molar refractivity (Wildman–Crippen MR) is 161 cm³/mol. The highest BCUT2D eigenvalue weighted by atomic mass is 16.5. The van der Waals surface area contributed by atoms with Gasteiger partial charge in [0, 0.05) is 17.9 Å². The van der Waals surface area contributed by atoms with Gasteiger partial charge in [-0.25, -0.2) is 0 Å². The maximum atomic E-state index is 14.6. The number of carbonyl (C=O) groups excluding carboxylic acids is 2. The Morgan fingerprint density at radius 3 is 2.32 bits per heavy atom. The largest absolute Gasteiger partial charge is 0.511 e. The molecule has 6 nitrogen and oxygen atoms in total. The molecule has 0 spiro atoms. The Bertz CT molecular complexity index is 1310. The summed E-state index contributed by atoms with van der Waals surface area (Å²) in [5.41, 5.74) is 2.32. The molecule has 1 aliphatic carbocycles. The van der Waals surface area contributed by atoms with E-state index in [4.69, 9.17) is 4.74 Å². The number of rotatable bonds is 13. The van der Waals surface area contributed by atoms with Crippen molar-refractivity contribution >= 4 is 17.5 Å². The molecule has 3 unspecified atom stereocenters. The topological polar surface area (TPSA) is 101 Å². The summed E-state index contributed by atoms with van der Waals surface area (Å²) in [5, 5.41) is 22.3. The van der Waals surface area contributed by atoms with Crippen LogP contribution in [0.1, 0.15) is 91.0 Å². The molecule has 1 heterocycles. The molecule has 0 amide bonds. The summed E-state index contributed by atoms with van der Waals surface area (Å²) >= 11 is 0. The summed E-state index contributed by atoms with van der Waals surface area (Å²) in [5.74, 6) is -2.88. The number of ketones is 2. The molecule has 3 rings (SSSR count). The molecule has 0 fully saturated rings. The Morgan fingerprint density at radius 2 is 1.76 bits per heavy atom. The fraction of sp³-hybridized carbons (Fsp3) is 0.457. The smallest absolute Gasteiger partial charge is 0.304 e. The van der Waals surface area contributed by atoms with E-state index in [-0.39, 0.29) is 60.0 Å². The van der Waals surface area contributed by atoms with Crippen molar-refractivity contribution in [1.29, 1.82) is 0 Å². The highest BCUT2D eigenvalue weighted by Gasteiger charge is 2.54. The van der Waals surface area contributed by atoms with Gasteiger partial charge in [-0.3, -0.25) is 14.4 Å². The van der Waals surface area contributed by atoms with Gasteiger partial charge in [-0.1, -0.05) is 53.1 Å². The number of hydrogen-bond donors (Lipinski definition) is 2. The average molecular weight is 561 g/mol. The SMILES string of the molecule is C=C(C)CCC(CC(=C)C)CC1(CC=C(C)C)C(=O)C2=C(O[C@H](C)CC2=O)C(C(CC(=O)O)c2ccccc2)=C1O. The Kier molecular flexibility index (Phi) is 10.4. The van der Waals surface area contributed by atoms with Crippen LogP contribution in [0.2, 0.25) is 0 Å². The van der Waals surface area contributed by atoms with Gasteiger partial charge in [0.25, 0.3) is 0 Å². The summed E-state index contributed by atoms with van der Waals surface area (Å²) in [4.78, 5) is 40.3. The van der Waals surface area contributed by atoms with Crippen molar-refractivity contribution in [3.05, 3.63) is 94.5 Å². The van der Waals surface area contributed by atoms with E-state index < -0.39 is 29.2 Å². The second-order valence-corrected chi connectivity index (χ2v) is 12.2. The molecule has 2 aliphatic rings. The second kappa shape index (κ2) is 13.3. The van der Waals surface area contributed by atoms with Crippen LogP contribution in [0, 0.1) is 11.3 Å². The van der Waals surface area contributed by atoms with Gasteiger partial charge in [0.2, 0.25) is 0 Å². The number of aliphatic carboxylic acids is 1. The number of aliphatic hydroxyl groups is 1. The van der Waals surface area contributed by atoms with Crippen LogP contribution in [0.3, 0.4) is 0 Å². The van der Waals surface area contributed by atoms with Crippen molar-refractivity contribution in [2.75, 3.05) is 0 Å². The summed E-state index contributed by atoms with van der Waals surface area (Å²) in [6, 6.07) is 9.03. The van der Waals surface area contributed by atoms with Gasteiger partial charge in [0.05, 0.1) is 11.8 Å². The fourth-order valence-electron chi connectivity index (χ4n) is 6.05. The van der Waals surface area contributed by atoms with Gasteiger partial charge in [0.1, 0.15) is 23.2 Å². The third-order valence-electron chi connectivity index (χ3n) is 7.95. The monoisotopic (exact) mass is 560 g/mol. The van der Waals surface area contributed by atoms with E-state index in [9.17, 15) is 24.6 Å². The van der Waals surface area contributed by atoms with E-state index in [0.29, 0.717) is 12.0 Å². The van der Waals surface area contributed by atoms with E-state index in [1.54, 1.807) is 31.2 Å². The number of carboxylic acids is 1. The van der Waals surface area contributed by atoms with Gasteiger partial charge in [-0.15, -0.1) is 13.2 Å². The highest BCUT2D eigenvalue weighted by Crippen LogP contribution is 2.53. The van der Waals surface area contributed by atoms with Crippen LogP contribution in [0.4, 0.5) is 0 Å². The van der Waals surface area contributed by atoms with E-state index >= 15 is 0 Å². The molecule has 0 radical (unpaired) electrons. The van der Waals surface area contributed by atoms with Crippen molar-refractivity contribution in [3.8, 4) is 0 Å². The van der Waals surface area contributed by atoms with E-state index in [1.165, 1.54) is 0 Å². The maximum absolute atomic E-state index is 14.6. The molecular formula is C35H44O6. The van der Waals surface area contributed by atoms with Gasteiger partial charge in [-0.2, -0.15) is 0 Å². The van der Waals surface area contributed by atoms with Crippen LogP contribution in [-0.2, 0) is 19.1 Å². The standard InChI is InChI=1S/C35H44O6/c1-21(2)13-14-25(17-23(5)6)20-35(16-15-22(3)4)33(39)30(27(19-29(37)38)26-11-9-8-10-12-26)32-31(34(35)40)28(36)18-24(7)41-32/h8-12,15,24-25,27,39H,1,5,13-14,16-20H2,2-4,6-7H3,(H,37,38)/t24-,25?,27?,35?/m1/s1. The molecule has 1 aliphatic heterocycles. The molecular weight excluding hydrogens is 516 g/mol. The Hall–Kier alpha value is -3.67.